The zero-order valence-electron chi connectivity index (χ0n) is 15.1. The zero-order chi connectivity index (χ0) is 21.4. The minimum absolute atomic E-state index is 0.160. The number of benzene rings is 3. The Morgan fingerprint density at radius 3 is 2.07 bits per heavy atom. The SMILES string of the molecule is O=C1C(Nc2cccc(F)c2)=C(c2ccc(F)cc2)C(=O)N1c1cc(F)ccc1F. The van der Waals surface area contributed by atoms with E-state index < -0.39 is 40.8 Å². The Balaban J connectivity index is 1.86. The van der Waals surface area contributed by atoms with Crippen LogP contribution >= 0.6 is 0 Å². The molecule has 0 bridgehead atoms. The van der Waals surface area contributed by atoms with E-state index in [9.17, 15) is 27.2 Å². The summed E-state index contributed by atoms with van der Waals surface area (Å²) in [4.78, 5) is 26.6. The minimum atomic E-state index is -0.983. The molecule has 1 aliphatic rings. The quantitative estimate of drug-likeness (QED) is 0.502. The molecule has 1 N–H and O–H groups in total. The van der Waals surface area contributed by atoms with Gasteiger partial charge in [0.1, 0.15) is 29.0 Å². The fraction of sp³-hybridized carbons (Fsp3) is 0. The van der Waals surface area contributed by atoms with Crippen LogP contribution in [0.5, 0.6) is 0 Å². The summed E-state index contributed by atoms with van der Waals surface area (Å²) in [7, 11) is 0. The molecule has 0 unspecified atom stereocenters. The van der Waals surface area contributed by atoms with Crippen LogP contribution in [0.4, 0.5) is 28.9 Å². The highest BCUT2D eigenvalue weighted by atomic mass is 19.1. The van der Waals surface area contributed by atoms with Crippen molar-refractivity contribution in [2.24, 2.45) is 0 Å². The molecule has 4 nitrogen and oxygen atoms in total. The first-order valence-corrected chi connectivity index (χ1v) is 8.72. The Morgan fingerprint density at radius 1 is 0.700 bits per heavy atom. The smallest absolute Gasteiger partial charge is 0.282 e. The van der Waals surface area contributed by atoms with Crippen molar-refractivity contribution >= 4 is 28.8 Å². The third-order valence-electron chi connectivity index (χ3n) is 4.46. The monoisotopic (exact) mass is 412 g/mol. The first-order chi connectivity index (χ1) is 14.3. The van der Waals surface area contributed by atoms with E-state index in [1.54, 1.807) is 0 Å². The summed E-state index contributed by atoms with van der Waals surface area (Å²) in [6.07, 6.45) is 0. The van der Waals surface area contributed by atoms with E-state index in [4.69, 9.17) is 0 Å². The summed E-state index contributed by atoms with van der Waals surface area (Å²) in [5.41, 5.74) is -0.699. The molecule has 3 aromatic rings. The lowest BCUT2D eigenvalue weighted by atomic mass is 10.0. The van der Waals surface area contributed by atoms with Crippen LogP contribution in [-0.4, -0.2) is 11.8 Å². The Hall–Kier alpha value is -3.94. The van der Waals surface area contributed by atoms with Crippen LogP contribution in [0, 0.1) is 23.3 Å². The third kappa shape index (κ3) is 3.43. The van der Waals surface area contributed by atoms with Crippen molar-refractivity contribution in [3.63, 3.8) is 0 Å². The lowest BCUT2D eigenvalue weighted by Crippen LogP contribution is -2.33. The number of carbonyl (C=O) groups excluding carboxylic acids is 2. The number of hydrogen-bond acceptors (Lipinski definition) is 3. The average molecular weight is 412 g/mol. The van der Waals surface area contributed by atoms with Gasteiger partial charge < -0.3 is 5.32 Å². The number of anilines is 2. The predicted octanol–water partition coefficient (Wildman–Crippen LogP) is 4.64. The van der Waals surface area contributed by atoms with E-state index >= 15 is 0 Å². The molecule has 30 heavy (non-hydrogen) atoms. The van der Waals surface area contributed by atoms with Crippen LogP contribution in [0.1, 0.15) is 5.56 Å². The Kier molecular flexibility index (Phi) is 4.83. The molecular formula is C22H12F4N2O2. The van der Waals surface area contributed by atoms with Crippen LogP contribution in [0.15, 0.2) is 72.4 Å². The van der Waals surface area contributed by atoms with Crippen molar-refractivity contribution in [3.05, 3.63) is 101 Å². The van der Waals surface area contributed by atoms with Crippen molar-refractivity contribution in [1.29, 1.82) is 0 Å². The molecule has 150 valence electrons. The van der Waals surface area contributed by atoms with Crippen molar-refractivity contribution < 1.29 is 27.2 Å². The highest BCUT2D eigenvalue weighted by molar-refractivity contribution is 6.46. The summed E-state index contributed by atoms with van der Waals surface area (Å²) in [5.74, 6) is -4.88. The number of nitrogens with zero attached hydrogens (tertiary/aromatic N) is 1. The fourth-order valence-corrected chi connectivity index (χ4v) is 3.12. The standard InChI is InChI=1S/C22H12F4N2O2/c23-13-6-4-12(5-7-13)19-20(27-16-3-1-2-14(24)10-16)22(30)28(21(19)29)18-11-15(25)8-9-17(18)26/h1-11,27H. The second kappa shape index (κ2) is 7.47. The molecule has 3 aromatic carbocycles. The van der Waals surface area contributed by atoms with Crippen molar-refractivity contribution in [1.82, 2.24) is 0 Å². The molecule has 0 radical (unpaired) electrons. The van der Waals surface area contributed by atoms with E-state index in [0.717, 1.165) is 36.4 Å². The number of rotatable bonds is 4. The number of imide groups is 1. The maximum Gasteiger partial charge on any atom is 0.282 e. The molecule has 1 aliphatic heterocycles. The molecule has 1 heterocycles. The van der Waals surface area contributed by atoms with Gasteiger partial charge in [0.2, 0.25) is 0 Å². The molecule has 0 saturated carbocycles. The lowest BCUT2D eigenvalue weighted by molar-refractivity contribution is -0.120. The lowest BCUT2D eigenvalue weighted by Gasteiger charge is -2.16. The van der Waals surface area contributed by atoms with E-state index in [1.165, 1.54) is 30.3 Å². The van der Waals surface area contributed by atoms with Gasteiger partial charge in [0.15, 0.2) is 0 Å². The molecule has 2 amide bonds. The van der Waals surface area contributed by atoms with Gasteiger partial charge in [0.25, 0.3) is 11.8 Å². The molecule has 4 rings (SSSR count). The minimum Gasteiger partial charge on any atom is -0.350 e. The van der Waals surface area contributed by atoms with Gasteiger partial charge >= 0.3 is 0 Å². The van der Waals surface area contributed by atoms with Gasteiger partial charge in [0.05, 0.1) is 11.3 Å². The number of nitrogens with one attached hydrogen (secondary N) is 1. The van der Waals surface area contributed by atoms with Crippen molar-refractivity contribution in [2.45, 2.75) is 0 Å². The van der Waals surface area contributed by atoms with Gasteiger partial charge in [-0.2, -0.15) is 0 Å². The Bertz CT molecular complexity index is 1210. The van der Waals surface area contributed by atoms with Gasteiger partial charge in [-0.25, -0.2) is 22.5 Å². The highest BCUT2D eigenvalue weighted by Gasteiger charge is 2.41. The summed E-state index contributed by atoms with van der Waals surface area (Å²) in [6, 6.07) is 12.2. The third-order valence-corrected chi connectivity index (χ3v) is 4.46. The van der Waals surface area contributed by atoms with Gasteiger partial charge in [-0.1, -0.05) is 18.2 Å². The van der Waals surface area contributed by atoms with Crippen LogP contribution in [-0.2, 0) is 9.59 Å². The molecular weight excluding hydrogens is 400 g/mol. The highest BCUT2D eigenvalue weighted by Crippen LogP contribution is 2.35. The number of halogens is 4. The van der Waals surface area contributed by atoms with E-state index in [1.807, 2.05) is 0 Å². The molecule has 0 fully saturated rings. The predicted molar refractivity (Wildman–Crippen MR) is 102 cm³/mol. The number of hydrogen-bond donors (Lipinski definition) is 1. The van der Waals surface area contributed by atoms with Crippen molar-refractivity contribution in [3.8, 4) is 0 Å². The normalized spacial score (nSPS) is 13.9. The summed E-state index contributed by atoms with van der Waals surface area (Å²) in [6.45, 7) is 0. The average Bonchev–Trinajstić information content (AvgIpc) is 2.94. The van der Waals surface area contributed by atoms with Gasteiger partial charge in [0, 0.05) is 11.8 Å². The molecule has 0 spiro atoms. The number of carbonyl (C=O) groups is 2. The zero-order valence-corrected chi connectivity index (χ0v) is 15.1. The van der Waals surface area contributed by atoms with Crippen molar-refractivity contribution in [2.75, 3.05) is 10.2 Å². The van der Waals surface area contributed by atoms with Gasteiger partial charge in [-0.05, 0) is 48.0 Å². The van der Waals surface area contributed by atoms with E-state index in [2.05, 4.69) is 5.32 Å². The molecule has 0 saturated heterocycles. The maximum absolute atomic E-state index is 14.3. The second-order valence-corrected chi connectivity index (χ2v) is 6.43. The second-order valence-electron chi connectivity index (χ2n) is 6.43. The maximum atomic E-state index is 14.3. The molecule has 0 aliphatic carbocycles. The van der Waals surface area contributed by atoms with Gasteiger partial charge in [-0.3, -0.25) is 9.59 Å². The number of amides is 2. The van der Waals surface area contributed by atoms with Crippen LogP contribution in [0.2, 0.25) is 0 Å². The van der Waals surface area contributed by atoms with Crippen LogP contribution in [0.3, 0.4) is 0 Å². The Morgan fingerprint density at radius 2 is 1.37 bits per heavy atom. The molecule has 8 heteroatoms. The van der Waals surface area contributed by atoms with Crippen LogP contribution in [0.25, 0.3) is 5.57 Å². The topological polar surface area (TPSA) is 49.4 Å². The van der Waals surface area contributed by atoms with E-state index in [-0.39, 0.29) is 22.5 Å². The van der Waals surface area contributed by atoms with Crippen LogP contribution < -0.4 is 10.2 Å². The summed E-state index contributed by atoms with van der Waals surface area (Å²) < 4.78 is 54.9. The largest absolute Gasteiger partial charge is 0.350 e. The van der Waals surface area contributed by atoms with Gasteiger partial charge in [-0.15, -0.1) is 0 Å². The fourth-order valence-electron chi connectivity index (χ4n) is 3.12. The summed E-state index contributed by atoms with van der Waals surface area (Å²) >= 11 is 0. The molecule has 0 aromatic heterocycles. The Labute approximate surface area is 168 Å². The summed E-state index contributed by atoms with van der Waals surface area (Å²) in [5, 5.41) is 2.68. The first-order valence-electron chi connectivity index (χ1n) is 8.72. The first kappa shape index (κ1) is 19.4. The molecule has 0 atom stereocenters. The van der Waals surface area contributed by atoms with E-state index in [0.29, 0.717) is 4.90 Å².